The van der Waals surface area contributed by atoms with Crippen LogP contribution >= 0.6 is 0 Å². The van der Waals surface area contributed by atoms with Crippen molar-refractivity contribution in [1.29, 1.82) is 0 Å². The summed E-state index contributed by atoms with van der Waals surface area (Å²) in [5.74, 6) is -0.164. The van der Waals surface area contributed by atoms with Gasteiger partial charge in [0.2, 0.25) is 0 Å². The second kappa shape index (κ2) is 10.2. The van der Waals surface area contributed by atoms with E-state index in [1.165, 1.54) is 7.11 Å². The Hall–Kier alpha value is -4.39. The zero-order valence-corrected chi connectivity index (χ0v) is 22.0. The minimum absolute atomic E-state index is 0.164. The van der Waals surface area contributed by atoms with Crippen molar-refractivity contribution in [3.05, 3.63) is 95.7 Å². The first-order chi connectivity index (χ1) is 18.3. The lowest BCUT2D eigenvalue weighted by Gasteiger charge is -2.15. The van der Waals surface area contributed by atoms with E-state index in [2.05, 4.69) is 10.4 Å². The van der Waals surface area contributed by atoms with E-state index in [4.69, 9.17) is 9.47 Å². The molecule has 4 aromatic rings. The molecule has 7 nitrogen and oxygen atoms in total. The number of amides is 1. The standard InChI is InChI=1S/C31H31N3O4/c1-20-27(32-30(36)38-21(2)22-8-6-5-7-9-22)28(33-34(20)3)25-12-10-23(11-13-25)24-14-16-26(17-15-24)31(18-19-31)29(35)37-4/h5-17,21H,18-19H2,1-4H3,(H,32,36). The van der Waals surface area contributed by atoms with Crippen LogP contribution in [0, 0.1) is 6.92 Å². The lowest BCUT2D eigenvalue weighted by atomic mass is 9.93. The summed E-state index contributed by atoms with van der Waals surface area (Å²) < 4.78 is 12.4. The number of aromatic nitrogens is 2. The number of hydrogen-bond donors (Lipinski definition) is 1. The van der Waals surface area contributed by atoms with Crippen molar-refractivity contribution in [3.8, 4) is 22.4 Å². The zero-order chi connectivity index (χ0) is 26.9. The second-order valence-corrected chi connectivity index (χ2v) is 9.74. The third kappa shape index (κ3) is 4.79. The first-order valence-corrected chi connectivity index (χ1v) is 12.7. The Morgan fingerprint density at radius 2 is 1.50 bits per heavy atom. The van der Waals surface area contributed by atoms with Crippen molar-refractivity contribution in [2.24, 2.45) is 7.05 Å². The minimum Gasteiger partial charge on any atom is -0.468 e. The lowest BCUT2D eigenvalue weighted by Crippen LogP contribution is -2.21. The highest BCUT2D eigenvalue weighted by Crippen LogP contribution is 2.49. The summed E-state index contributed by atoms with van der Waals surface area (Å²) in [7, 11) is 3.29. The fourth-order valence-corrected chi connectivity index (χ4v) is 4.78. The fraction of sp³-hybridized carbons (Fsp3) is 0.258. The molecule has 1 fully saturated rings. The van der Waals surface area contributed by atoms with Gasteiger partial charge in [0.15, 0.2) is 0 Å². The van der Waals surface area contributed by atoms with Crippen LogP contribution in [0.25, 0.3) is 22.4 Å². The highest BCUT2D eigenvalue weighted by atomic mass is 16.6. The molecule has 1 aromatic heterocycles. The van der Waals surface area contributed by atoms with Gasteiger partial charge in [-0.3, -0.25) is 14.8 Å². The van der Waals surface area contributed by atoms with Crippen molar-refractivity contribution in [1.82, 2.24) is 9.78 Å². The number of ether oxygens (including phenoxy) is 2. The second-order valence-electron chi connectivity index (χ2n) is 9.74. The molecular weight excluding hydrogens is 478 g/mol. The van der Waals surface area contributed by atoms with E-state index in [-0.39, 0.29) is 12.1 Å². The molecule has 0 radical (unpaired) electrons. The maximum Gasteiger partial charge on any atom is 0.412 e. The van der Waals surface area contributed by atoms with Gasteiger partial charge in [-0.15, -0.1) is 0 Å². The molecule has 194 valence electrons. The third-order valence-electron chi connectivity index (χ3n) is 7.37. The predicted molar refractivity (Wildman–Crippen MR) is 147 cm³/mol. The highest BCUT2D eigenvalue weighted by Gasteiger charge is 2.52. The zero-order valence-electron chi connectivity index (χ0n) is 22.0. The largest absolute Gasteiger partial charge is 0.468 e. The molecule has 1 heterocycles. The first kappa shape index (κ1) is 25.3. The van der Waals surface area contributed by atoms with Gasteiger partial charge in [-0.25, -0.2) is 4.79 Å². The summed E-state index contributed by atoms with van der Waals surface area (Å²) in [6.07, 6.45) is 0.735. The van der Waals surface area contributed by atoms with Gasteiger partial charge in [0.05, 0.1) is 23.9 Å². The summed E-state index contributed by atoms with van der Waals surface area (Å²) >= 11 is 0. The quantitative estimate of drug-likeness (QED) is 0.285. The number of anilines is 1. The van der Waals surface area contributed by atoms with Crippen LogP contribution in [0.4, 0.5) is 10.5 Å². The molecule has 1 saturated carbocycles. The minimum atomic E-state index is -0.532. The van der Waals surface area contributed by atoms with Gasteiger partial charge < -0.3 is 9.47 Å². The fourth-order valence-electron chi connectivity index (χ4n) is 4.78. The number of benzene rings is 3. The first-order valence-electron chi connectivity index (χ1n) is 12.7. The van der Waals surface area contributed by atoms with Crippen LogP contribution in [-0.2, 0) is 26.7 Å². The normalized spacial score (nSPS) is 14.4. The van der Waals surface area contributed by atoms with Crippen molar-refractivity contribution in [3.63, 3.8) is 0 Å². The summed E-state index contributed by atoms with van der Waals surface area (Å²) in [4.78, 5) is 24.9. The van der Waals surface area contributed by atoms with Gasteiger partial charge >= 0.3 is 12.1 Å². The number of carbonyl (C=O) groups is 2. The van der Waals surface area contributed by atoms with Crippen LogP contribution < -0.4 is 5.32 Å². The average molecular weight is 510 g/mol. The predicted octanol–water partition coefficient (Wildman–Crippen LogP) is 6.58. The van der Waals surface area contributed by atoms with Crippen molar-refractivity contribution >= 4 is 17.7 Å². The Labute approximate surface area is 222 Å². The molecule has 3 aromatic carbocycles. The van der Waals surface area contributed by atoms with Gasteiger partial charge in [0.25, 0.3) is 0 Å². The Morgan fingerprint density at radius 1 is 0.921 bits per heavy atom. The van der Waals surface area contributed by atoms with Crippen molar-refractivity contribution in [2.75, 3.05) is 12.4 Å². The summed E-state index contributed by atoms with van der Waals surface area (Å²) in [5, 5.41) is 7.55. The van der Waals surface area contributed by atoms with Gasteiger partial charge in [0, 0.05) is 12.6 Å². The van der Waals surface area contributed by atoms with E-state index in [0.29, 0.717) is 11.4 Å². The van der Waals surface area contributed by atoms with Gasteiger partial charge in [-0.2, -0.15) is 5.10 Å². The van der Waals surface area contributed by atoms with Gasteiger partial charge in [-0.05, 0) is 48.9 Å². The molecule has 7 heteroatoms. The van der Waals surface area contributed by atoms with Crippen molar-refractivity contribution in [2.45, 2.75) is 38.2 Å². The Balaban J connectivity index is 1.33. The van der Waals surface area contributed by atoms with Crippen LogP contribution in [-0.4, -0.2) is 29.0 Å². The number of methoxy groups -OCH3 is 1. The maximum atomic E-state index is 12.7. The SMILES string of the molecule is COC(=O)C1(c2ccc(-c3ccc(-c4nn(C)c(C)c4NC(=O)OC(C)c4ccccc4)cc3)cc2)CC1. The van der Waals surface area contributed by atoms with Crippen LogP contribution in [0.3, 0.4) is 0 Å². The van der Waals surface area contributed by atoms with Crippen LogP contribution in [0.1, 0.15) is 42.7 Å². The molecule has 1 N–H and O–H groups in total. The molecular formula is C31H31N3O4. The number of nitrogens with zero attached hydrogens (tertiary/aromatic N) is 2. The number of aryl methyl sites for hydroxylation is 1. The molecule has 1 aliphatic rings. The Bertz CT molecular complexity index is 1450. The monoisotopic (exact) mass is 509 g/mol. The molecule has 1 amide bonds. The summed E-state index contributed by atoms with van der Waals surface area (Å²) in [6, 6.07) is 25.8. The van der Waals surface area contributed by atoms with E-state index in [1.54, 1.807) is 4.68 Å². The summed E-state index contributed by atoms with van der Waals surface area (Å²) in [5.41, 5.74) is 6.53. The Kier molecular flexibility index (Phi) is 6.76. The number of hydrogen-bond acceptors (Lipinski definition) is 5. The molecule has 1 atom stereocenters. The topological polar surface area (TPSA) is 82.5 Å². The van der Waals surface area contributed by atoms with Crippen LogP contribution in [0.2, 0.25) is 0 Å². The van der Waals surface area contributed by atoms with E-state index < -0.39 is 11.5 Å². The van der Waals surface area contributed by atoms with Crippen LogP contribution in [0.15, 0.2) is 78.9 Å². The molecule has 0 bridgehead atoms. The smallest absolute Gasteiger partial charge is 0.412 e. The van der Waals surface area contributed by atoms with E-state index in [1.807, 2.05) is 99.8 Å². The third-order valence-corrected chi connectivity index (χ3v) is 7.37. The molecule has 0 aliphatic heterocycles. The molecule has 38 heavy (non-hydrogen) atoms. The maximum absolute atomic E-state index is 12.7. The Morgan fingerprint density at radius 3 is 2.08 bits per heavy atom. The van der Waals surface area contributed by atoms with Gasteiger partial charge in [0.1, 0.15) is 11.8 Å². The lowest BCUT2D eigenvalue weighted by molar-refractivity contribution is -0.143. The molecule has 1 aliphatic carbocycles. The summed E-state index contributed by atoms with van der Waals surface area (Å²) in [6.45, 7) is 3.75. The molecule has 0 spiro atoms. The van der Waals surface area contributed by atoms with Gasteiger partial charge in [-0.1, -0.05) is 78.9 Å². The van der Waals surface area contributed by atoms with E-state index >= 15 is 0 Å². The number of nitrogens with one attached hydrogen (secondary N) is 1. The number of esters is 1. The highest BCUT2D eigenvalue weighted by molar-refractivity contribution is 5.92. The molecule has 1 unspecified atom stereocenters. The average Bonchev–Trinajstić information content (AvgIpc) is 3.72. The molecule has 5 rings (SSSR count). The number of carbonyl (C=O) groups excluding carboxylic acids is 2. The van der Waals surface area contributed by atoms with Crippen molar-refractivity contribution < 1.29 is 19.1 Å². The molecule has 0 saturated heterocycles. The van der Waals surface area contributed by atoms with Crippen LogP contribution in [0.5, 0.6) is 0 Å². The van der Waals surface area contributed by atoms with E-state index in [9.17, 15) is 9.59 Å². The van der Waals surface area contributed by atoms with E-state index in [0.717, 1.165) is 46.4 Å². The number of rotatable bonds is 7.